The Bertz CT molecular complexity index is 1410. The number of aromatic nitrogens is 1. The van der Waals surface area contributed by atoms with Crippen LogP contribution in [0, 0.1) is 0 Å². The average Bonchev–Trinajstić information content (AvgIpc) is 2.82. The van der Waals surface area contributed by atoms with Gasteiger partial charge in [0, 0.05) is 29.5 Å². The van der Waals surface area contributed by atoms with Crippen molar-refractivity contribution >= 4 is 22.6 Å². The number of nitrogens with zero attached hydrogens (tertiary/aromatic N) is 1. The van der Waals surface area contributed by atoms with E-state index in [1.165, 1.54) is 6.07 Å². The lowest BCUT2D eigenvalue weighted by atomic mass is 9.91. The van der Waals surface area contributed by atoms with Crippen LogP contribution in [0.4, 0.5) is 5.69 Å². The maximum atomic E-state index is 12.6. The number of hydrogen-bond donors (Lipinski definition) is 1. The zero-order valence-electron chi connectivity index (χ0n) is 19.0. The Morgan fingerprint density at radius 1 is 1.15 bits per heavy atom. The van der Waals surface area contributed by atoms with Crippen molar-refractivity contribution in [3.63, 3.8) is 0 Å². The highest BCUT2D eigenvalue weighted by atomic mass is 16.5. The van der Waals surface area contributed by atoms with E-state index >= 15 is 0 Å². The van der Waals surface area contributed by atoms with E-state index in [-0.39, 0.29) is 18.1 Å². The van der Waals surface area contributed by atoms with E-state index in [4.69, 9.17) is 13.9 Å². The summed E-state index contributed by atoms with van der Waals surface area (Å²) >= 11 is 0. The van der Waals surface area contributed by atoms with E-state index in [0.717, 1.165) is 17.5 Å². The van der Waals surface area contributed by atoms with Gasteiger partial charge in [-0.1, -0.05) is 30.3 Å². The van der Waals surface area contributed by atoms with Crippen LogP contribution in [0.3, 0.4) is 0 Å². The van der Waals surface area contributed by atoms with Gasteiger partial charge in [-0.2, -0.15) is 0 Å². The molecule has 1 aliphatic heterocycles. The van der Waals surface area contributed by atoms with Crippen LogP contribution < -0.4 is 20.4 Å². The predicted octanol–water partition coefficient (Wildman–Crippen LogP) is 4.98. The average molecular weight is 456 g/mol. The summed E-state index contributed by atoms with van der Waals surface area (Å²) in [6.45, 7) is 3.79. The maximum absolute atomic E-state index is 12.6. The topological polar surface area (TPSA) is 90.7 Å². The number of carbonyl (C=O) groups excluding carboxylic acids is 1. The van der Waals surface area contributed by atoms with E-state index in [0.29, 0.717) is 40.1 Å². The molecule has 2 aromatic heterocycles. The minimum atomic E-state index is -0.454. The summed E-state index contributed by atoms with van der Waals surface area (Å²) in [5, 5.41) is 3.40. The molecule has 0 spiro atoms. The number of rotatable bonds is 5. The normalized spacial score (nSPS) is 14.2. The first kappa shape index (κ1) is 21.7. The van der Waals surface area contributed by atoms with Crippen molar-refractivity contribution in [3.05, 3.63) is 83.0 Å². The maximum Gasteiger partial charge on any atom is 0.336 e. The fraction of sp³-hybridized carbons (Fsp3) is 0.222. The molecule has 1 N–H and O–H groups in total. The molecule has 1 aliphatic rings. The van der Waals surface area contributed by atoms with Gasteiger partial charge >= 0.3 is 5.63 Å². The summed E-state index contributed by atoms with van der Waals surface area (Å²) in [6.07, 6.45) is 4.67. The van der Waals surface area contributed by atoms with Crippen LogP contribution in [0.1, 0.15) is 25.8 Å². The van der Waals surface area contributed by atoms with E-state index < -0.39 is 5.63 Å². The summed E-state index contributed by atoms with van der Waals surface area (Å²) in [7, 11) is 0. The first-order valence-electron chi connectivity index (χ1n) is 11.1. The van der Waals surface area contributed by atoms with Crippen molar-refractivity contribution in [1.82, 2.24) is 4.98 Å². The minimum absolute atomic E-state index is 0.237. The van der Waals surface area contributed by atoms with Crippen molar-refractivity contribution < 1.29 is 18.7 Å². The lowest BCUT2D eigenvalue weighted by molar-refractivity contribution is -0.118. The van der Waals surface area contributed by atoms with Gasteiger partial charge in [-0.05, 0) is 44.4 Å². The SMILES string of the molecule is CC1(C)CCc2c(cc(OCC(=O)Nc3cccnc3)c3c(-c4ccccc4)cc(=O)oc23)O1. The van der Waals surface area contributed by atoms with E-state index in [9.17, 15) is 9.59 Å². The third-order valence-electron chi connectivity index (χ3n) is 5.79. The molecule has 5 rings (SSSR count). The van der Waals surface area contributed by atoms with Gasteiger partial charge in [0.05, 0.1) is 17.3 Å². The van der Waals surface area contributed by atoms with Crippen molar-refractivity contribution in [2.75, 3.05) is 11.9 Å². The molecule has 0 aliphatic carbocycles. The number of anilines is 1. The standard InChI is InChI=1S/C27H24N2O5/c1-27(2)11-10-19-21(34-27)14-22(32-16-23(30)29-18-9-6-12-28-15-18)25-20(13-24(31)33-26(19)25)17-7-4-3-5-8-17/h3-9,12-15H,10-11,16H2,1-2H3,(H,29,30). The van der Waals surface area contributed by atoms with Crippen LogP contribution in [0.2, 0.25) is 0 Å². The van der Waals surface area contributed by atoms with Crippen molar-refractivity contribution in [2.24, 2.45) is 0 Å². The molecule has 172 valence electrons. The summed E-state index contributed by atoms with van der Waals surface area (Å²) in [4.78, 5) is 29.1. The van der Waals surface area contributed by atoms with Crippen LogP contribution in [0.5, 0.6) is 11.5 Å². The number of pyridine rings is 1. The smallest absolute Gasteiger partial charge is 0.336 e. The highest BCUT2D eigenvalue weighted by Crippen LogP contribution is 2.44. The summed E-state index contributed by atoms with van der Waals surface area (Å²) in [5.41, 5.74) is 2.55. The largest absolute Gasteiger partial charge is 0.487 e. The number of nitrogens with one attached hydrogen (secondary N) is 1. The number of fused-ring (bicyclic) bond motifs is 3. The van der Waals surface area contributed by atoms with E-state index in [1.807, 2.05) is 44.2 Å². The molecular formula is C27H24N2O5. The second kappa shape index (κ2) is 8.67. The van der Waals surface area contributed by atoms with Crippen molar-refractivity contribution in [2.45, 2.75) is 32.3 Å². The Labute approximate surface area is 196 Å². The monoisotopic (exact) mass is 456 g/mol. The van der Waals surface area contributed by atoms with E-state index in [2.05, 4.69) is 10.3 Å². The van der Waals surface area contributed by atoms with Gasteiger partial charge < -0.3 is 19.2 Å². The Balaban J connectivity index is 1.60. The molecule has 7 heteroatoms. The predicted molar refractivity (Wildman–Crippen MR) is 129 cm³/mol. The quantitative estimate of drug-likeness (QED) is 0.426. The summed E-state index contributed by atoms with van der Waals surface area (Å²) in [6, 6.07) is 16.3. The van der Waals surface area contributed by atoms with Gasteiger partial charge in [0.2, 0.25) is 0 Å². The molecule has 3 heterocycles. The number of hydrogen-bond acceptors (Lipinski definition) is 6. The second-order valence-corrected chi connectivity index (χ2v) is 8.84. The zero-order chi connectivity index (χ0) is 23.7. The van der Waals surface area contributed by atoms with Crippen molar-refractivity contribution in [1.29, 1.82) is 0 Å². The first-order valence-corrected chi connectivity index (χ1v) is 11.1. The molecule has 0 saturated carbocycles. The van der Waals surface area contributed by atoms with Crippen LogP contribution in [-0.4, -0.2) is 23.1 Å². The Morgan fingerprint density at radius 3 is 2.74 bits per heavy atom. The lowest BCUT2D eigenvalue weighted by Gasteiger charge is -2.33. The first-order chi connectivity index (χ1) is 16.4. The van der Waals surface area contributed by atoms with Crippen molar-refractivity contribution in [3.8, 4) is 22.6 Å². The summed E-state index contributed by atoms with van der Waals surface area (Å²) < 4.78 is 17.9. The number of amides is 1. The molecule has 0 fully saturated rings. The molecule has 2 aromatic carbocycles. The zero-order valence-corrected chi connectivity index (χ0v) is 19.0. The third-order valence-corrected chi connectivity index (χ3v) is 5.79. The Hall–Kier alpha value is -4.13. The molecule has 0 atom stereocenters. The summed E-state index contributed by atoms with van der Waals surface area (Å²) in [5.74, 6) is 0.675. The molecule has 7 nitrogen and oxygen atoms in total. The van der Waals surface area contributed by atoms with Crippen LogP contribution in [0.15, 0.2) is 76.2 Å². The number of ether oxygens (including phenoxy) is 2. The highest BCUT2D eigenvalue weighted by molar-refractivity contribution is 6.01. The van der Waals surface area contributed by atoms with Gasteiger partial charge in [-0.25, -0.2) is 4.79 Å². The van der Waals surface area contributed by atoms with Gasteiger partial charge in [-0.3, -0.25) is 9.78 Å². The van der Waals surface area contributed by atoms with Crippen LogP contribution >= 0.6 is 0 Å². The minimum Gasteiger partial charge on any atom is -0.487 e. The van der Waals surface area contributed by atoms with Gasteiger partial charge in [0.15, 0.2) is 6.61 Å². The molecule has 0 saturated heterocycles. The highest BCUT2D eigenvalue weighted by Gasteiger charge is 2.31. The lowest BCUT2D eigenvalue weighted by Crippen LogP contribution is -2.32. The molecule has 4 aromatic rings. The van der Waals surface area contributed by atoms with Crippen LogP contribution in [-0.2, 0) is 11.2 Å². The molecule has 34 heavy (non-hydrogen) atoms. The van der Waals surface area contributed by atoms with Gasteiger partial charge in [0.25, 0.3) is 5.91 Å². The molecule has 1 amide bonds. The molecule has 0 radical (unpaired) electrons. The molecule has 0 unspecified atom stereocenters. The number of carbonyl (C=O) groups is 1. The molecule has 0 bridgehead atoms. The second-order valence-electron chi connectivity index (χ2n) is 8.84. The van der Waals surface area contributed by atoms with Gasteiger partial charge in [-0.15, -0.1) is 0 Å². The third kappa shape index (κ3) is 4.37. The fourth-order valence-electron chi connectivity index (χ4n) is 4.18. The molecular weight excluding hydrogens is 432 g/mol. The van der Waals surface area contributed by atoms with E-state index in [1.54, 1.807) is 30.6 Å². The fourth-order valence-corrected chi connectivity index (χ4v) is 4.18. The number of aryl methyl sites for hydroxylation is 1. The van der Waals surface area contributed by atoms with Gasteiger partial charge in [0.1, 0.15) is 22.7 Å². The Morgan fingerprint density at radius 2 is 1.97 bits per heavy atom. The Kier molecular flexibility index (Phi) is 5.53. The number of benzene rings is 2. The van der Waals surface area contributed by atoms with Crippen LogP contribution in [0.25, 0.3) is 22.1 Å².